The Hall–Kier alpha value is -1.10. The van der Waals surface area contributed by atoms with Gasteiger partial charge in [-0.05, 0) is 18.8 Å². The Morgan fingerprint density at radius 2 is 1.88 bits per heavy atom. The van der Waals surface area contributed by atoms with E-state index in [1.165, 1.54) is 0 Å². The molecule has 0 saturated carbocycles. The van der Waals surface area contributed by atoms with Crippen LogP contribution >= 0.6 is 0 Å². The third-order valence-electron chi connectivity index (χ3n) is 2.40. The van der Waals surface area contributed by atoms with E-state index in [0.29, 0.717) is 12.5 Å². The van der Waals surface area contributed by atoms with Crippen molar-refractivity contribution in [3.63, 3.8) is 0 Å². The third-order valence-corrected chi connectivity index (χ3v) is 2.40. The molecule has 3 N–H and O–H groups in total. The fourth-order valence-electron chi connectivity index (χ4n) is 1.25. The van der Waals surface area contributed by atoms with Crippen molar-refractivity contribution in [3.8, 4) is 0 Å². The summed E-state index contributed by atoms with van der Waals surface area (Å²) in [7, 11) is 1.70. The highest BCUT2D eigenvalue weighted by Gasteiger charge is 2.18. The lowest BCUT2D eigenvalue weighted by Gasteiger charge is -2.21. The number of hydrogen-bond acceptors (Lipinski definition) is 3. The Labute approximate surface area is 96.6 Å². The molecule has 0 aromatic heterocycles. The van der Waals surface area contributed by atoms with Gasteiger partial charge in [-0.2, -0.15) is 0 Å². The van der Waals surface area contributed by atoms with Crippen molar-refractivity contribution in [2.45, 2.75) is 39.2 Å². The number of carbonyl (C=O) groups excluding carboxylic acids is 1. The van der Waals surface area contributed by atoms with Gasteiger partial charge >= 0.3 is 5.97 Å². The van der Waals surface area contributed by atoms with E-state index in [0.717, 1.165) is 6.42 Å². The molecule has 0 aliphatic heterocycles. The molecule has 0 rings (SSSR count). The lowest BCUT2D eigenvalue weighted by Crippen LogP contribution is -2.42. The van der Waals surface area contributed by atoms with Crippen LogP contribution in [0.25, 0.3) is 0 Å². The number of carbonyl (C=O) groups is 2. The Bertz CT molecular complexity index is 241. The minimum atomic E-state index is -0.923. The van der Waals surface area contributed by atoms with Crippen molar-refractivity contribution in [1.82, 2.24) is 4.90 Å². The molecule has 1 atom stereocenters. The van der Waals surface area contributed by atoms with Crippen LogP contribution in [-0.2, 0) is 9.59 Å². The third kappa shape index (κ3) is 6.40. The van der Waals surface area contributed by atoms with Gasteiger partial charge in [0.15, 0.2) is 0 Å². The summed E-state index contributed by atoms with van der Waals surface area (Å²) in [4.78, 5) is 23.6. The summed E-state index contributed by atoms with van der Waals surface area (Å²) in [6.07, 6.45) is 1.05. The molecule has 94 valence electrons. The largest absolute Gasteiger partial charge is 0.481 e. The number of carboxylic acid groups (broad SMARTS) is 1. The summed E-state index contributed by atoms with van der Waals surface area (Å²) in [5.74, 6) is -0.569. The molecule has 16 heavy (non-hydrogen) atoms. The van der Waals surface area contributed by atoms with E-state index in [1.54, 1.807) is 11.9 Å². The topological polar surface area (TPSA) is 83.6 Å². The van der Waals surface area contributed by atoms with E-state index in [9.17, 15) is 9.59 Å². The highest BCUT2D eigenvalue weighted by Crippen LogP contribution is 2.04. The quantitative estimate of drug-likeness (QED) is 0.673. The average Bonchev–Trinajstić information content (AvgIpc) is 2.21. The summed E-state index contributed by atoms with van der Waals surface area (Å²) >= 11 is 0. The lowest BCUT2D eigenvalue weighted by molar-refractivity contribution is -0.137. The molecule has 0 saturated heterocycles. The van der Waals surface area contributed by atoms with Crippen molar-refractivity contribution in [2.24, 2.45) is 11.7 Å². The van der Waals surface area contributed by atoms with Crippen molar-refractivity contribution in [2.75, 3.05) is 13.6 Å². The van der Waals surface area contributed by atoms with Crippen LogP contribution in [0.15, 0.2) is 0 Å². The molecule has 0 radical (unpaired) electrons. The number of hydrogen-bond donors (Lipinski definition) is 2. The average molecular weight is 230 g/mol. The molecule has 0 bridgehead atoms. The Morgan fingerprint density at radius 1 is 1.31 bits per heavy atom. The molecule has 0 heterocycles. The number of rotatable bonds is 7. The zero-order valence-corrected chi connectivity index (χ0v) is 10.3. The molecular weight excluding hydrogens is 208 g/mol. The number of likely N-dealkylation sites (N-methyl/N-ethyl adjacent to an activating group) is 1. The molecule has 0 spiro atoms. The van der Waals surface area contributed by atoms with Gasteiger partial charge in [-0.25, -0.2) is 0 Å². The predicted octanol–water partition coefficient (Wildman–Crippen LogP) is 0.683. The molecular formula is C11H22N2O3. The monoisotopic (exact) mass is 230 g/mol. The predicted molar refractivity (Wildman–Crippen MR) is 61.9 cm³/mol. The summed E-state index contributed by atoms with van der Waals surface area (Å²) < 4.78 is 0. The maximum absolute atomic E-state index is 11.7. The first-order valence-electron chi connectivity index (χ1n) is 5.57. The summed E-state index contributed by atoms with van der Waals surface area (Å²) in [5, 5.41) is 8.48. The smallest absolute Gasteiger partial charge is 0.303 e. The van der Waals surface area contributed by atoms with E-state index in [1.807, 2.05) is 0 Å². The first-order chi connectivity index (χ1) is 7.34. The Morgan fingerprint density at radius 3 is 2.31 bits per heavy atom. The molecule has 5 nitrogen and oxygen atoms in total. The summed E-state index contributed by atoms with van der Waals surface area (Å²) in [5.41, 5.74) is 5.62. The number of nitrogens with two attached hydrogens (primary N) is 1. The number of carboxylic acids is 1. The molecule has 0 aliphatic rings. The van der Waals surface area contributed by atoms with Gasteiger partial charge < -0.3 is 15.7 Å². The van der Waals surface area contributed by atoms with Crippen LogP contribution in [-0.4, -0.2) is 41.5 Å². The fourth-order valence-corrected chi connectivity index (χ4v) is 1.25. The minimum Gasteiger partial charge on any atom is -0.481 e. The number of nitrogens with zero attached hydrogens (tertiary/aromatic N) is 1. The van der Waals surface area contributed by atoms with Crippen LogP contribution in [0.2, 0.25) is 0 Å². The molecule has 0 aromatic rings. The fraction of sp³-hybridized carbons (Fsp3) is 0.818. The maximum Gasteiger partial charge on any atom is 0.303 e. The van der Waals surface area contributed by atoms with Crippen molar-refractivity contribution < 1.29 is 14.7 Å². The standard InChI is InChI=1S/C11H22N2O3/c1-8(2)6-7-13(3)11(16)9(12)4-5-10(14)15/h8-9H,4-7,12H2,1-3H3,(H,14,15). The van der Waals surface area contributed by atoms with Crippen molar-refractivity contribution in [1.29, 1.82) is 0 Å². The van der Waals surface area contributed by atoms with Crippen LogP contribution in [0, 0.1) is 5.92 Å². The number of aliphatic carboxylic acids is 1. The molecule has 0 aromatic carbocycles. The minimum absolute atomic E-state index is 0.0646. The zero-order chi connectivity index (χ0) is 12.7. The van der Waals surface area contributed by atoms with Gasteiger partial charge in [0.05, 0.1) is 6.04 Å². The van der Waals surface area contributed by atoms with Gasteiger partial charge in [-0.3, -0.25) is 9.59 Å². The van der Waals surface area contributed by atoms with E-state index in [4.69, 9.17) is 10.8 Å². The van der Waals surface area contributed by atoms with Crippen molar-refractivity contribution >= 4 is 11.9 Å². The van der Waals surface area contributed by atoms with Crippen LogP contribution in [0.3, 0.4) is 0 Å². The van der Waals surface area contributed by atoms with Gasteiger partial charge in [0.25, 0.3) is 0 Å². The van der Waals surface area contributed by atoms with Gasteiger partial charge in [0.1, 0.15) is 0 Å². The van der Waals surface area contributed by atoms with E-state index in [2.05, 4.69) is 13.8 Å². The van der Waals surface area contributed by atoms with E-state index in [-0.39, 0.29) is 18.7 Å². The second-order valence-electron chi connectivity index (χ2n) is 4.48. The van der Waals surface area contributed by atoms with Crippen LogP contribution in [0.5, 0.6) is 0 Å². The van der Waals surface area contributed by atoms with Gasteiger partial charge in [0, 0.05) is 20.0 Å². The normalized spacial score (nSPS) is 12.6. The summed E-state index contributed by atoms with van der Waals surface area (Å²) in [6.45, 7) is 4.84. The molecule has 0 aliphatic carbocycles. The lowest BCUT2D eigenvalue weighted by atomic mass is 10.1. The highest BCUT2D eigenvalue weighted by molar-refractivity contribution is 5.82. The first-order valence-corrected chi connectivity index (χ1v) is 5.57. The second kappa shape index (κ2) is 7.22. The highest BCUT2D eigenvalue weighted by atomic mass is 16.4. The molecule has 1 unspecified atom stereocenters. The van der Waals surface area contributed by atoms with Crippen LogP contribution in [0.1, 0.15) is 33.1 Å². The Balaban J connectivity index is 3.96. The summed E-state index contributed by atoms with van der Waals surface area (Å²) in [6, 6.07) is -0.701. The molecule has 5 heteroatoms. The van der Waals surface area contributed by atoms with E-state index < -0.39 is 12.0 Å². The molecule has 0 fully saturated rings. The Kier molecular flexibility index (Phi) is 6.72. The maximum atomic E-state index is 11.7. The zero-order valence-electron chi connectivity index (χ0n) is 10.3. The van der Waals surface area contributed by atoms with Crippen LogP contribution < -0.4 is 5.73 Å². The second-order valence-corrected chi connectivity index (χ2v) is 4.48. The van der Waals surface area contributed by atoms with Gasteiger partial charge in [-0.15, -0.1) is 0 Å². The molecule has 1 amide bonds. The first kappa shape index (κ1) is 14.9. The van der Waals surface area contributed by atoms with Crippen molar-refractivity contribution in [3.05, 3.63) is 0 Å². The van der Waals surface area contributed by atoms with Crippen LogP contribution in [0.4, 0.5) is 0 Å². The van der Waals surface area contributed by atoms with E-state index >= 15 is 0 Å². The van der Waals surface area contributed by atoms with Gasteiger partial charge in [0.2, 0.25) is 5.91 Å². The SMILES string of the molecule is CC(C)CCN(C)C(=O)C(N)CCC(=O)O. The number of amides is 1. The van der Waals surface area contributed by atoms with Gasteiger partial charge in [-0.1, -0.05) is 13.8 Å².